The van der Waals surface area contributed by atoms with E-state index < -0.39 is 23.7 Å². The molecule has 2 N–H and O–H groups in total. The van der Waals surface area contributed by atoms with Crippen LogP contribution in [0.15, 0.2) is 40.8 Å². The predicted octanol–water partition coefficient (Wildman–Crippen LogP) is 2.93. The minimum absolute atomic E-state index is 0.120. The van der Waals surface area contributed by atoms with Crippen molar-refractivity contribution in [2.75, 3.05) is 0 Å². The van der Waals surface area contributed by atoms with Gasteiger partial charge in [-0.15, -0.1) is 0 Å². The number of hydrogen-bond donors (Lipinski definition) is 2. The second-order valence-corrected chi connectivity index (χ2v) is 4.79. The molecule has 0 unspecified atom stereocenters. The third-order valence-corrected chi connectivity index (χ3v) is 3.19. The van der Waals surface area contributed by atoms with Gasteiger partial charge in [0.05, 0.1) is 12.5 Å². The molecule has 1 aromatic heterocycles. The zero-order chi connectivity index (χ0) is 16.1. The summed E-state index contributed by atoms with van der Waals surface area (Å²) in [5.41, 5.74) is 0.513. The molecule has 0 saturated carbocycles. The summed E-state index contributed by atoms with van der Waals surface area (Å²) in [4.78, 5) is 23.1. The lowest BCUT2D eigenvalue weighted by Gasteiger charge is -2.16. The molecule has 0 bridgehead atoms. The number of carboxylic acids is 1. The molecular formula is C16H16FNO4. The highest BCUT2D eigenvalue weighted by Gasteiger charge is 2.20. The summed E-state index contributed by atoms with van der Waals surface area (Å²) in [6.07, 6.45) is 0.350. The van der Waals surface area contributed by atoms with Crippen molar-refractivity contribution in [3.8, 4) is 0 Å². The predicted molar refractivity (Wildman–Crippen MR) is 76.9 cm³/mol. The molecular weight excluding hydrogens is 289 g/mol. The van der Waals surface area contributed by atoms with E-state index in [-0.39, 0.29) is 12.2 Å². The number of hydrogen-bond acceptors (Lipinski definition) is 3. The van der Waals surface area contributed by atoms with Gasteiger partial charge in [-0.25, -0.2) is 4.39 Å². The molecule has 22 heavy (non-hydrogen) atoms. The first-order valence-electron chi connectivity index (χ1n) is 6.86. The SMILES string of the molecule is CCc1ccc(C(=O)N[C@H](CC(=O)O)c2ccc(F)cc2)o1. The summed E-state index contributed by atoms with van der Waals surface area (Å²) in [7, 11) is 0. The summed E-state index contributed by atoms with van der Waals surface area (Å²) in [5, 5.41) is 11.6. The molecule has 1 amide bonds. The van der Waals surface area contributed by atoms with Crippen LogP contribution < -0.4 is 5.32 Å². The average Bonchev–Trinajstić information content (AvgIpc) is 2.96. The summed E-state index contributed by atoms with van der Waals surface area (Å²) in [6.45, 7) is 1.90. The fourth-order valence-electron chi connectivity index (χ4n) is 2.04. The highest BCUT2D eigenvalue weighted by atomic mass is 19.1. The number of aliphatic carboxylic acids is 1. The van der Waals surface area contributed by atoms with Crippen LogP contribution in [0.1, 0.15) is 41.3 Å². The standard InChI is InChI=1S/C16H16FNO4/c1-2-12-7-8-14(22-12)16(21)18-13(9-15(19)20)10-3-5-11(17)6-4-10/h3-8,13H,2,9H2,1H3,(H,18,21)(H,19,20)/t13-/m1/s1. The number of carbonyl (C=O) groups excluding carboxylic acids is 1. The smallest absolute Gasteiger partial charge is 0.305 e. The number of furan rings is 1. The number of benzene rings is 1. The van der Waals surface area contributed by atoms with Gasteiger partial charge < -0.3 is 14.8 Å². The summed E-state index contributed by atoms with van der Waals surface area (Å²) in [6, 6.07) is 7.80. The number of carboxylic acid groups (broad SMARTS) is 1. The van der Waals surface area contributed by atoms with Gasteiger partial charge >= 0.3 is 5.97 Å². The van der Waals surface area contributed by atoms with Crippen molar-refractivity contribution in [1.82, 2.24) is 5.32 Å². The lowest BCUT2D eigenvalue weighted by molar-refractivity contribution is -0.137. The van der Waals surface area contributed by atoms with Crippen molar-refractivity contribution in [1.29, 1.82) is 0 Å². The lowest BCUT2D eigenvalue weighted by Crippen LogP contribution is -2.30. The van der Waals surface area contributed by atoms with E-state index in [1.54, 1.807) is 6.07 Å². The molecule has 0 aliphatic carbocycles. The van der Waals surface area contributed by atoms with Crippen LogP contribution >= 0.6 is 0 Å². The zero-order valence-electron chi connectivity index (χ0n) is 12.0. The molecule has 2 aromatic rings. The Hall–Kier alpha value is -2.63. The molecule has 0 aliphatic heterocycles. The van der Waals surface area contributed by atoms with Crippen molar-refractivity contribution < 1.29 is 23.5 Å². The van der Waals surface area contributed by atoms with Gasteiger partial charge in [-0.3, -0.25) is 9.59 Å². The number of aryl methyl sites for hydroxylation is 1. The molecule has 0 aliphatic rings. The van der Waals surface area contributed by atoms with E-state index in [4.69, 9.17) is 9.52 Å². The molecule has 1 aromatic carbocycles. The first-order valence-corrected chi connectivity index (χ1v) is 6.86. The van der Waals surface area contributed by atoms with E-state index in [1.165, 1.54) is 30.3 Å². The van der Waals surface area contributed by atoms with E-state index in [1.807, 2.05) is 6.92 Å². The van der Waals surface area contributed by atoms with E-state index in [9.17, 15) is 14.0 Å². The van der Waals surface area contributed by atoms with Gasteiger partial charge in [0.15, 0.2) is 5.76 Å². The lowest BCUT2D eigenvalue weighted by atomic mass is 10.0. The van der Waals surface area contributed by atoms with Crippen molar-refractivity contribution >= 4 is 11.9 Å². The third-order valence-electron chi connectivity index (χ3n) is 3.19. The summed E-state index contributed by atoms with van der Waals surface area (Å²) >= 11 is 0. The Bertz CT molecular complexity index is 663. The molecule has 0 radical (unpaired) electrons. The van der Waals surface area contributed by atoms with Crippen LogP contribution in [-0.4, -0.2) is 17.0 Å². The Labute approximate surface area is 126 Å². The molecule has 1 atom stereocenters. The Morgan fingerprint density at radius 3 is 2.45 bits per heavy atom. The highest BCUT2D eigenvalue weighted by molar-refractivity contribution is 5.92. The quantitative estimate of drug-likeness (QED) is 0.860. The number of nitrogens with one attached hydrogen (secondary N) is 1. The van der Waals surface area contributed by atoms with Gasteiger partial charge in [0.2, 0.25) is 0 Å². The average molecular weight is 305 g/mol. The number of amides is 1. The molecule has 0 saturated heterocycles. The maximum atomic E-state index is 13.0. The van der Waals surface area contributed by atoms with Crippen molar-refractivity contribution in [3.63, 3.8) is 0 Å². The van der Waals surface area contributed by atoms with Crippen molar-refractivity contribution in [3.05, 3.63) is 59.3 Å². The van der Waals surface area contributed by atoms with Crippen LogP contribution in [0.5, 0.6) is 0 Å². The molecule has 5 nitrogen and oxygen atoms in total. The van der Waals surface area contributed by atoms with E-state index in [0.717, 1.165) is 0 Å². The van der Waals surface area contributed by atoms with Gasteiger partial charge in [0.25, 0.3) is 5.91 Å². The summed E-state index contributed by atoms with van der Waals surface area (Å²) in [5.74, 6) is -1.21. The fraction of sp³-hybridized carbons (Fsp3) is 0.250. The molecule has 116 valence electrons. The van der Waals surface area contributed by atoms with Crippen molar-refractivity contribution in [2.24, 2.45) is 0 Å². The van der Waals surface area contributed by atoms with Gasteiger partial charge in [0, 0.05) is 6.42 Å². The summed E-state index contributed by atoms with van der Waals surface area (Å²) < 4.78 is 18.3. The number of rotatable bonds is 6. The molecule has 0 spiro atoms. The first kappa shape index (κ1) is 15.8. The van der Waals surface area contributed by atoms with Crippen LogP contribution in [0.2, 0.25) is 0 Å². The maximum Gasteiger partial charge on any atom is 0.305 e. The maximum absolute atomic E-state index is 13.0. The fourth-order valence-corrected chi connectivity index (χ4v) is 2.04. The monoisotopic (exact) mass is 305 g/mol. The van der Waals surface area contributed by atoms with Gasteiger partial charge in [0.1, 0.15) is 11.6 Å². The van der Waals surface area contributed by atoms with Gasteiger partial charge in [-0.1, -0.05) is 19.1 Å². The molecule has 2 rings (SSSR count). The normalized spacial score (nSPS) is 11.9. The van der Waals surface area contributed by atoms with Crippen LogP contribution in [0, 0.1) is 5.82 Å². The highest BCUT2D eigenvalue weighted by Crippen LogP contribution is 2.19. The van der Waals surface area contributed by atoms with Gasteiger partial charge in [-0.2, -0.15) is 0 Å². The minimum atomic E-state index is -1.07. The third kappa shape index (κ3) is 3.94. The van der Waals surface area contributed by atoms with E-state index >= 15 is 0 Å². The van der Waals surface area contributed by atoms with E-state index in [0.29, 0.717) is 17.7 Å². The Morgan fingerprint density at radius 1 is 1.23 bits per heavy atom. The van der Waals surface area contributed by atoms with Gasteiger partial charge in [-0.05, 0) is 29.8 Å². The largest absolute Gasteiger partial charge is 0.481 e. The Kier molecular flexibility index (Phi) is 4.93. The second-order valence-electron chi connectivity index (χ2n) is 4.79. The Morgan fingerprint density at radius 2 is 1.91 bits per heavy atom. The molecule has 1 heterocycles. The molecule has 0 fully saturated rings. The zero-order valence-corrected chi connectivity index (χ0v) is 12.0. The van der Waals surface area contributed by atoms with Crippen LogP contribution in [0.3, 0.4) is 0 Å². The second kappa shape index (κ2) is 6.89. The van der Waals surface area contributed by atoms with Crippen molar-refractivity contribution in [2.45, 2.75) is 25.8 Å². The number of carbonyl (C=O) groups is 2. The van der Waals surface area contributed by atoms with E-state index in [2.05, 4.69) is 5.32 Å². The first-order chi connectivity index (χ1) is 10.5. The Balaban J connectivity index is 2.17. The van der Waals surface area contributed by atoms with Crippen LogP contribution in [0.4, 0.5) is 4.39 Å². The van der Waals surface area contributed by atoms with Crippen LogP contribution in [-0.2, 0) is 11.2 Å². The topological polar surface area (TPSA) is 79.5 Å². The van der Waals surface area contributed by atoms with Crippen LogP contribution in [0.25, 0.3) is 0 Å². The minimum Gasteiger partial charge on any atom is -0.481 e. The molecule has 6 heteroatoms. The number of halogens is 1.